The Kier molecular flexibility index (Phi) is 5.98. The van der Waals surface area contributed by atoms with E-state index in [0.29, 0.717) is 30.3 Å². The number of hydrogen-bond acceptors (Lipinski definition) is 6. The van der Waals surface area contributed by atoms with Crippen LogP contribution in [-0.4, -0.2) is 40.8 Å². The molecular weight excluding hydrogens is 370 g/mol. The Bertz CT molecular complexity index is 908. The second kappa shape index (κ2) is 8.41. The number of ether oxygens (including phenoxy) is 3. The van der Waals surface area contributed by atoms with E-state index in [2.05, 4.69) is 4.72 Å². The second-order valence-electron chi connectivity index (χ2n) is 6.06. The number of carbonyl (C=O) groups excluding carboxylic acids is 1. The van der Waals surface area contributed by atoms with Crippen molar-refractivity contribution in [1.29, 1.82) is 0 Å². The lowest BCUT2D eigenvalue weighted by Crippen LogP contribution is -2.28. The van der Waals surface area contributed by atoms with Crippen LogP contribution < -0.4 is 14.2 Å². The minimum atomic E-state index is -3.63. The first kappa shape index (κ1) is 19.2. The van der Waals surface area contributed by atoms with E-state index in [1.54, 1.807) is 30.3 Å². The van der Waals surface area contributed by atoms with Crippen molar-refractivity contribution in [3.8, 4) is 11.5 Å². The highest BCUT2D eigenvalue weighted by Gasteiger charge is 2.16. The van der Waals surface area contributed by atoms with E-state index in [1.165, 1.54) is 12.1 Å². The Morgan fingerprint density at radius 1 is 1.07 bits per heavy atom. The molecule has 8 heteroatoms. The smallest absolute Gasteiger partial charge is 0.338 e. The monoisotopic (exact) mass is 391 g/mol. The van der Waals surface area contributed by atoms with Crippen LogP contribution in [-0.2, 0) is 14.8 Å². The second-order valence-corrected chi connectivity index (χ2v) is 7.83. The van der Waals surface area contributed by atoms with Crippen molar-refractivity contribution in [1.82, 2.24) is 4.72 Å². The van der Waals surface area contributed by atoms with Gasteiger partial charge in [-0.05, 0) is 37.3 Å². The van der Waals surface area contributed by atoms with Crippen molar-refractivity contribution < 1.29 is 27.4 Å². The van der Waals surface area contributed by atoms with Crippen LogP contribution in [0.5, 0.6) is 11.5 Å². The molecule has 2 aromatic rings. The van der Waals surface area contributed by atoms with Gasteiger partial charge in [-0.3, -0.25) is 0 Å². The highest BCUT2D eigenvalue weighted by Crippen LogP contribution is 2.30. The van der Waals surface area contributed by atoms with Crippen LogP contribution in [0.1, 0.15) is 22.3 Å². The highest BCUT2D eigenvalue weighted by atomic mass is 32.2. The van der Waals surface area contributed by atoms with Crippen LogP contribution in [0.3, 0.4) is 0 Å². The molecule has 0 fully saturated rings. The summed E-state index contributed by atoms with van der Waals surface area (Å²) in [4.78, 5) is 12.3. The summed E-state index contributed by atoms with van der Waals surface area (Å²) in [5, 5.41) is 0. The van der Waals surface area contributed by atoms with Crippen LogP contribution in [0.2, 0.25) is 0 Å². The number of benzene rings is 2. The first-order valence-electron chi connectivity index (χ1n) is 8.59. The summed E-state index contributed by atoms with van der Waals surface area (Å²) in [6, 6.07) is 11.3. The number of hydrogen-bond donors (Lipinski definition) is 1. The molecular formula is C19H21NO6S. The Morgan fingerprint density at radius 2 is 1.78 bits per heavy atom. The number of rotatable bonds is 6. The van der Waals surface area contributed by atoms with Crippen molar-refractivity contribution in [2.75, 3.05) is 26.4 Å². The summed E-state index contributed by atoms with van der Waals surface area (Å²) in [5.41, 5.74) is 1.29. The standard InChI is InChI=1S/C19H21NO6S/c1-14-3-6-16(7-4-14)27(22,23)20-9-12-26-19(21)15-5-8-17-18(13-15)25-11-2-10-24-17/h3-8,13,20H,2,9-12H2,1H3. The fraction of sp³-hybridized carbons (Fsp3) is 0.316. The topological polar surface area (TPSA) is 90.9 Å². The molecule has 144 valence electrons. The molecule has 0 bridgehead atoms. The van der Waals surface area contributed by atoms with Gasteiger partial charge in [0.2, 0.25) is 10.0 Å². The molecule has 1 heterocycles. The van der Waals surface area contributed by atoms with Crippen LogP contribution in [0.4, 0.5) is 0 Å². The van der Waals surface area contributed by atoms with Crippen molar-refractivity contribution in [2.45, 2.75) is 18.2 Å². The van der Waals surface area contributed by atoms with E-state index in [1.807, 2.05) is 6.92 Å². The first-order valence-corrected chi connectivity index (χ1v) is 10.1. The van der Waals surface area contributed by atoms with E-state index >= 15 is 0 Å². The summed E-state index contributed by atoms with van der Waals surface area (Å²) in [6.07, 6.45) is 0.773. The molecule has 0 unspecified atom stereocenters. The third-order valence-electron chi connectivity index (χ3n) is 3.94. The Hall–Kier alpha value is -2.58. The Balaban J connectivity index is 1.52. The lowest BCUT2D eigenvalue weighted by atomic mass is 10.2. The van der Waals surface area contributed by atoms with Gasteiger partial charge < -0.3 is 14.2 Å². The predicted molar refractivity (Wildman–Crippen MR) is 98.7 cm³/mol. The molecule has 1 aliphatic rings. The summed E-state index contributed by atoms with van der Waals surface area (Å²) in [7, 11) is -3.63. The zero-order chi connectivity index (χ0) is 19.3. The lowest BCUT2D eigenvalue weighted by molar-refractivity contribution is 0.0512. The average molecular weight is 391 g/mol. The third-order valence-corrected chi connectivity index (χ3v) is 5.42. The van der Waals surface area contributed by atoms with Gasteiger partial charge in [0.05, 0.1) is 23.7 Å². The maximum atomic E-state index is 12.2. The summed E-state index contributed by atoms with van der Waals surface area (Å²) >= 11 is 0. The number of aryl methyl sites for hydroxylation is 1. The molecule has 0 spiro atoms. The van der Waals surface area contributed by atoms with Gasteiger partial charge >= 0.3 is 5.97 Å². The van der Waals surface area contributed by atoms with Crippen LogP contribution in [0.15, 0.2) is 47.4 Å². The number of fused-ring (bicyclic) bond motifs is 1. The molecule has 3 rings (SSSR count). The molecule has 1 N–H and O–H groups in total. The molecule has 0 aliphatic carbocycles. The van der Waals surface area contributed by atoms with E-state index in [0.717, 1.165) is 12.0 Å². The molecule has 0 saturated carbocycles. The molecule has 0 saturated heterocycles. The van der Waals surface area contributed by atoms with Gasteiger partial charge in [-0.25, -0.2) is 17.9 Å². The summed E-state index contributed by atoms with van der Waals surface area (Å²) < 4.78 is 42.9. The lowest BCUT2D eigenvalue weighted by Gasteiger charge is -2.10. The number of carbonyl (C=O) groups is 1. The molecule has 2 aromatic carbocycles. The zero-order valence-electron chi connectivity index (χ0n) is 14.9. The molecule has 7 nitrogen and oxygen atoms in total. The van der Waals surface area contributed by atoms with Gasteiger partial charge in [0, 0.05) is 13.0 Å². The molecule has 1 aliphatic heterocycles. The summed E-state index contributed by atoms with van der Waals surface area (Å²) in [5.74, 6) is 0.539. The van der Waals surface area contributed by atoms with Crippen LogP contribution >= 0.6 is 0 Å². The van der Waals surface area contributed by atoms with Gasteiger partial charge in [0.15, 0.2) is 11.5 Å². The van der Waals surface area contributed by atoms with Crippen LogP contribution in [0, 0.1) is 6.92 Å². The van der Waals surface area contributed by atoms with E-state index < -0.39 is 16.0 Å². The fourth-order valence-electron chi connectivity index (χ4n) is 2.49. The van der Waals surface area contributed by atoms with Crippen LogP contribution in [0.25, 0.3) is 0 Å². The van der Waals surface area contributed by atoms with Crippen molar-refractivity contribution in [3.05, 3.63) is 53.6 Å². The largest absolute Gasteiger partial charge is 0.490 e. The highest BCUT2D eigenvalue weighted by molar-refractivity contribution is 7.89. The predicted octanol–water partition coefficient (Wildman–Crippen LogP) is 2.29. The minimum absolute atomic E-state index is 0.0213. The number of nitrogens with one attached hydrogen (secondary N) is 1. The average Bonchev–Trinajstić information content (AvgIpc) is 2.90. The maximum absolute atomic E-state index is 12.2. The van der Waals surface area contributed by atoms with Gasteiger partial charge in [-0.1, -0.05) is 17.7 Å². The maximum Gasteiger partial charge on any atom is 0.338 e. The van der Waals surface area contributed by atoms with Gasteiger partial charge in [-0.2, -0.15) is 0 Å². The third kappa shape index (κ3) is 4.99. The SMILES string of the molecule is Cc1ccc(S(=O)(=O)NCCOC(=O)c2ccc3c(c2)OCCCO3)cc1. The molecule has 0 aromatic heterocycles. The van der Waals surface area contributed by atoms with Gasteiger partial charge in [-0.15, -0.1) is 0 Å². The first-order chi connectivity index (χ1) is 13.0. The molecule has 27 heavy (non-hydrogen) atoms. The van der Waals surface area contributed by atoms with Gasteiger partial charge in [0.25, 0.3) is 0 Å². The van der Waals surface area contributed by atoms with E-state index in [9.17, 15) is 13.2 Å². The molecule has 0 radical (unpaired) electrons. The Labute approximate surface area is 158 Å². The van der Waals surface area contributed by atoms with Gasteiger partial charge in [0.1, 0.15) is 6.61 Å². The minimum Gasteiger partial charge on any atom is -0.490 e. The number of sulfonamides is 1. The van der Waals surface area contributed by atoms with E-state index in [4.69, 9.17) is 14.2 Å². The van der Waals surface area contributed by atoms with Crippen molar-refractivity contribution >= 4 is 16.0 Å². The zero-order valence-corrected chi connectivity index (χ0v) is 15.8. The molecule has 0 atom stereocenters. The quantitative estimate of drug-likeness (QED) is 0.600. The van der Waals surface area contributed by atoms with E-state index in [-0.39, 0.29) is 18.0 Å². The Morgan fingerprint density at radius 3 is 2.52 bits per heavy atom. The summed E-state index contributed by atoms with van der Waals surface area (Å²) in [6.45, 7) is 2.86. The number of esters is 1. The fourth-order valence-corrected chi connectivity index (χ4v) is 3.51. The van der Waals surface area contributed by atoms with Crippen molar-refractivity contribution in [2.24, 2.45) is 0 Å². The van der Waals surface area contributed by atoms with Crippen molar-refractivity contribution in [3.63, 3.8) is 0 Å². The molecule has 0 amide bonds. The normalized spacial score (nSPS) is 13.7.